The van der Waals surface area contributed by atoms with E-state index in [0.29, 0.717) is 17.8 Å². The Balaban J connectivity index is 0.00000169. The van der Waals surface area contributed by atoms with Gasteiger partial charge in [0, 0.05) is 24.4 Å². The number of nitrogens with two attached hydrogens (primary N) is 1. The summed E-state index contributed by atoms with van der Waals surface area (Å²) in [6.07, 6.45) is 1.60. The maximum absolute atomic E-state index is 12.2. The first-order chi connectivity index (χ1) is 11.2. The quantitative estimate of drug-likeness (QED) is 0.666. The smallest absolute Gasteiger partial charge is 0.253 e. The molecular formula is C17H16ClN5O. The minimum atomic E-state index is -0.0725. The Labute approximate surface area is 144 Å². The molecule has 6 nitrogen and oxygen atoms in total. The standard InChI is InChI=1S/C17H15N5O.ClH/c18-17-19-7-6-13(22-17)14-8-11-15(21-14)12(9-20-16(11)23)10-4-2-1-3-5-10;/h1-8,12,21H,9H2,(H,20,23)(H2,18,19,22);1H. The highest BCUT2D eigenvalue weighted by Crippen LogP contribution is 2.32. The molecule has 1 atom stereocenters. The van der Waals surface area contributed by atoms with Crippen molar-refractivity contribution in [2.75, 3.05) is 12.3 Å². The van der Waals surface area contributed by atoms with E-state index in [1.165, 1.54) is 0 Å². The van der Waals surface area contributed by atoms with Gasteiger partial charge in [-0.1, -0.05) is 30.3 Å². The van der Waals surface area contributed by atoms with Gasteiger partial charge in [0.1, 0.15) is 0 Å². The Kier molecular flexibility index (Phi) is 4.22. The van der Waals surface area contributed by atoms with Crippen molar-refractivity contribution in [1.29, 1.82) is 0 Å². The zero-order valence-corrected chi connectivity index (χ0v) is 13.5. The highest BCUT2D eigenvalue weighted by molar-refractivity contribution is 5.98. The molecular weight excluding hydrogens is 326 g/mol. The normalized spacial score (nSPS) is 16.0. The molecule has 3 heterocycles. The number of carbonyl (C=O) groups excluding carboxylic acids is 1. The number of nitrogens with one attached hydrogen (secondary N) is 2. The van der Waals surface area contributed by atoms with Gasteiger partial charge in [-0.3, -0.25) is 4.79 Å². The summed E-state index contributed by atoms with van der Waals surface area (Å²) in [5.74, 6) is 0.229. The van der Waals surface area contributed by atoms with E-state index in [-0.39, 0.29) is 30.2 Å². The van der Waals surface area contributed by atoms with Crippen molar-refractivity contribution >= 4 is 24.3 Å². The molecule has 1 amide bonds. The molecule has 24 heavy (non-hydrogen) atoms. The predicted molar refractivity (Wildman–Crippen MR) is 94.1 cm³/mol. The molecule has 4 rings (SSSR count). The summed E-state index contributed by atoms with van der Waals surface area (Å²) in [7, 11) is 0. The van der Waals surface area contributed by atoms with Crippen molar-refractivity contribution in [1.82, 2.24) is 20.3 Å². The Morgan fingerprint density at radius 2 is 1.96 bits per heavy atom. The number of anilines is 1. The fraction of sp³-hybridized carbons (Fsp3) is 0.118. The van der Waals surface area contributed by atoms with Gasteiger partial charge in [0.05, 0.1) is 17.0 Å². The second kappa shape index (κ2) is 6.33. The summed E-state index contributed by atoms with van der Waals surface area (Å²) < 4.78 is 0. The molecule has 3 aromatic rings. The summed E-state index contributed by atoms with van der Waals surface area (Å²) in [6.45, 7) is 0.571. The average Bonchev–Trinajstić information content (AvgIpc) is 3.02. The van der Waals surface area contributed by atoms with Crippen LogP contribution >= 0.6 is 12.4 Å². The molecule has 0 aliphatic carbocycles. The number of carbonyl (C=O) groups is 1. The largest absolute Gasteiger partial charge is 0.368 e. The van der Waals surface area contributed by atoms with E-state index in [4.69, 9.17) is 5.73 Å². The lowest BCUT2D eigenvalue weighted by Crippen LogP contribution is -2.35. The lowest BCUT2D eigenvalue weighted by molar-refractivity contribution is 0.0942. The van der Waals surface area contributed by atoms with E-state index in [1.54, 1.807) is 12.3 Å². The van der Waals surface area contributed by atoms with Crippen LogP contribution in [0.1, 0.15) is 27.5 Å². The van der Waals surface area contributed by atoms with E-state index in [1.807, 2.05) is 24.3 Å². The fourth-order valence-electron chi connectivity index (χ4n) is 2.96. The molecule has 2 aromatic heterocycles. The molecule has 1 aliphatic rings. The molecule has 0 bridgehead atoms. The Morgan fingerprint density at radius 1 is 1.17 bits per heavy atom. The number of aromatic amines is 1. The Morgan fingerprint density at radius 3 is 2.71 bits per heavy atom. The van der Waals surface area contributed by atoms with Gasteiger partial charge in [0.25, 0.3) is 5.91 Å². The molecule has 7 heteroatoms. The van der Waals surface area contributed by atoms with Gasteiger partial charge in [-0.05, 0) is 17.7 Å². The second-order valence-electron chi connectivity index (χ2n) is 5.48. The van der Waals surface area contributed by atoms with Crippen LogP contribution in [-0.4, -0.2) is 27.4 Å². The summed E-state index contributed by atoms with van der Waals surface area (Å²) >= 11 is 0. The first-order valence-electron chi connectivity index (χ1n) is 7.37. The minimum Gasteiger partial charge on any atom is -0.368 e. The van der Waals surface area contributed by atoms with Crippen molar-refractivity contribution in [3.8, 4) is 11.4 Å². The number of nitrogens with zero attached hydrogens (tertiary/aromatic N) is 2. The van der Waals surface area contributed by atoms with Crippen molar-refractivity contribution < 1.29 is 4.79 Å². The van der Waals surface area contributed by atoms with Gasteiger partial charge >= 0.3 is 0 Å². The SMILES string of the molecule is Cl.Nc1nccc(-c2cc3c([nH]2)C(c2ccccc2)CNC3=O)n1. The Hall–Kier alpha value is -2.86. The van der Waals surface area contributed by atoms with E-state index in [0.717, 1.165) is 17.0 Å². The number of hydrogen-bond acceptors (Lipinski definition) is 4. The zero-order chi connectivity index (χ0) is 15.8. The van der Waals surface area contributed by atoms with Crippen molar-refractivity contribution in [3.63, 3.8) is 0 Å². The minimum absolute atomic E-state index is 0. The topological polar surface area (TPSA) is 96.7 Å². The fourth-order valence-corrected chi connectivity index (χ4v) is 2.96. The van der Waals surface area contributed by atoms with Gasteiger partial charge in [-0.15, -0.1) is 12.4 Å². The number of nitrogen functional groups attached to an aromatic ring is 1. The van der Waals surface area contributed by atoms with Gasteiger partial charge in [-0.25, -0.2) is 9.97 Å². The van der Waals surface area contributed by atoms with Crippen molar-refractivity contribution in [3.05, 3.63) is 65.5 Å². The van der Waals surface area contributed by atoms with Gasteiger partial charge in [-0.2, -0.15) is 0 Å². The molecule has 0 saturated heterocycles. The number of fused-ring (bicyclic) bond motifs is 1. The van der Waals surface area contributed by atoms with Gasteiger partial charge in [0.15, 0.2) is 0 Å². The van der Waals surface area contributed by atoms with Crippen LogP contribution in [0.4, 0.5) is 5.95 Å². The third kappa shape index (κ3) is 2.72. The summed E-state index contributed by atoms with van der Waals surface area (Å²) in [6, 6.07) is 13.7. The van der Waals surface area contributed by atoms with Crippen LogP contribution < -0.4 is 11.1 Å². The van der Waals surface area contributed by atoms with Crippen LogP contribution in [-0.2, 0) is 0 Å². The van der Waals surface area contributed by atoms with Crippen molar-refractivity contribution in [2.45, 2.75) is 5.92 Å². The van der Waals surface area contributed by atoms with E-state index < -0.39 is 0 Å². The van der Waals surface area contributed by atoms with Gasteiger partial charge in [0.2, 0.25) is 5.95 Å². The third-order valence-corrected chi connectivity index (χ3v) is 4.06. The summed E-state index contributed by atoms with van der Waals surface area (Å²) in [5.41, 5.74) is 9.80. The highest BCUT2D eigenvalue weighted by Gasteiger charge is 2.29. The highest BCUT2D eigenvalue weighted by atomic mass is 35.5. The van der Waals surface area contributed by atoms with Gasteiger partial charge < -0.3 is 16.0 Å². The number of aromatic nitrogens is 3. The number of halogens is 1. The number of H-pyrrole nitrogens is 1. The molecule has 1 aromatic carbocycles. The summed E-state index contributed by atoms with van der Waals surface area (Å²) in [5, 5.41) is 2.95. The molecule has 1 unspecified atom stereocenters. The first-order valence-corrected chi connectivity index (χ1v) is 7.37. The number of amides is 1. The molecule has 122 valence electrons. The zero-order valence-electron chi connectivity index (χ0n) is 12.7. The van der Waals surface area contributed by atoms with Crippen LogP contribution in [0.15, 0.2) is 48.7 Å². The molecule has 0 fully saturated rings. The molecule has 0 spiro atoms. The van der Waals surface area contributed by atoms with Crippen LogP contribution in [0.25, 0.3) is 11.4 Å². The monoisotopic (exact) mass is 341 g/mol. The molecule has 0 saturated carbocycles. The van der Waals surface area contributed by atoms with E-state index in [2.05, 4.69) is 32.4 Å². The maximum atomic E-state index is 12.2. The first kappa shape index (κ1) is 16.0. The third-order valence-electron chi connectivity index (χ3n) is 4.06. The average molecular weight is 342 g/mol. The molecule has 0 radical (unpaired) electrons. The summed E-state index contributed by atoms with van der Waals surface area (Å²) in [4.78, 5) is 23.6. The Bertz CT molecular complexity index is 878. The number of rotatable bonds is 2. The lowest BCUT2D eigenvalue weighted by Gasteiger charge is -2.23. The van der Waals surface area contributed by atoms with Crippen LogP contribution in [0.2, 0.25) is 0 Å². The molecule has 4 N–H and O–H groups in total. The molecule has 1 aliphatic heterocycles. The van der Waals surface area contributed by atoms with Crippen LogP contribution in [0.5, 0.6) is 0 Å². The van der Waals surface area contributed by atoms with Crippen LogP contribution in [0.3, 0.4) is 0 Å². The number of hydrogen-bond donors (Lipinski definition) is 3. The van der Waals surface area contributed by atoms with E-state index in [9.17, 15) is 4.79 Å². The number of benzene rings is 1. The maximum Gasteiger partial charge on any atom is 0.253 e. The van der Waals surface area contributed by atoms with E-state index >= 15 is 0 Å². The lowest BCUT2D eigenvalue weighted by atomic mass is 9.90. The van der Waals surface area contributed by atoms with Crippen LogP contribution in [0, 0.1) is 0 Å². The second-order valence-corrected chi connectivity index (χ2v) is 5.48. The van der Waals surface area contributed by atoms with Crippen molar-refractivity contribution in [2.24, 2.45) is 0 Å². The predicted octanol–water partition coefficient (Wildman–Crippen LogP) is 2.35.